The maximum Gasteiger partial charge on any atom is 0.235 e. The van der Waals surface area contributed by atoms with E-state index in [2.05, 4.69) is 5.32 Å². The highest BCUT2D eigenvalue weighted by atomic mass is 19.1. The van der Waals surface area contributed by atoms with Gasteiger partial charge in [-0.2, -0.15) is 0 Å². The number of amides is 1. The van der Waals surface area contributed by atoms with E-state index in [-0.39, 0.29) is 5.91 Å². The third kappa shape index (κ3) is 3.43. The van der Waals surface area contributed by atoms with E-state index in [1.807, 2.05) is 49.4 Å². The number of carbonyl (C=O) groups is 1. The maximum atomic E-state index is 14.3. The highest BCUT2D eigenvalue weighted by molar-refractivity contribution is 6.01. The van der Waals surface area contributed by atoms with Crippen LogP contribution >= 0.6 is 0 Å². The van der Waals surface area contributed by atoms with Gasteiger partial charge in [-0.3, -0.25) is 4.79 Å². The Morgan fingerprint density at radius 2 is 1.53 bits per heavy atom. The Labute approximate surface area is 175 Å². The molecule has 0 saturated heterocycles. The predicted octanol–water partition coefficient (Wildman–Crippen LogP) is 5.86. The van der Waals surface area contributed by atoms with E-state index in [1.54, 1.807) is 12.1 Å². The molecular weight excluding hydrogens is 380 g/mol. The third-order valence-corrected chi connectivity index (χ3v) is 5.63. The molecular formula is C26H23F2NO. The molecule has 1 N–H and O–H groups in total. The van der Waals surface area contributed by atoms with Gasteiger partial charge in [0.25, 0.3) is 0 Å². The van der Waals surface area contributed by atoms with Crippen molar-refractivity contribution in [2.45, 2.75) is 25.2 Å². The molecule has 0 heterocycles. The number of hydrogen-bond donors (Lipinski definition) is 1. The van der Waals surface area contributed by atoms with Crippen LogP contribution in [0.1, 0.15) is 36.5 Å². The van der Waals surface area contributed by atoms with E-state index < -0.39 is 17.0 Å². The van der Waals surface area contributed by atoms with Gasteiger partial charge in [-0.15, -0.1) is 0 Å². The second-order valence-electron chi connectivity index (χ2n) is 7.56. The summed E-state index contributed by atoms with van der Waals surface area (Å²) in [5, 5.41) is 2.97. The molecule has 0 bridgehead atoms. The summed E-state index contributed by atoms with van der Waals surface area (Å²) in [7, 11) is 0. The minimum absolute atomic E-state index is 0.238. The number of rotatable bonds is 6. The molecule has 4 heteroatoms. The van der Waals surface area contributed by atoms with Gasteiger partial charge in [-0.05, 0) is 64.9 Å². The van der Waals surface area contributed by atoms with Gasteiger partial charge in [0.2, 0.25) is 5.91 Å². The van der Waals surface area contributed by atoms with Crippen molar-refractivity contribution in [2.75, 3.05) is 6.54 Å². The van der Waals surface area contributed by atoms with E-state index in [9.17, 15) is 13.6 Å². The normalized spacial score (nSPS) is 13.8. The lowest BCUT2D eigenvalue weighted by molar-refractivity contribution is -0.125. The van der Waals surface area contributed by atoms with Crippen molar-refractivity contribution in [3.05, 3.63) is 101 Å². The summed E-state index contributed by atoms with van der Waals surface area (Å²) < 4.78 is 28.6. The molecule has 0 aliphatic heterocycles. The second-order valence-corrected chi connectivity index (χ2v) is 7.56. The molecule has 0 unspecified atom stereocenters. The van der Waals surface area contributed by atoms with Gasteiger partial charge >= 0.3 is 0 Å². The first-order chi connectivity index (χ1) is 14.6. The molecule has 0 spiro atoms. The number of carbonyl (C=O) groups excluding carboxylic acids is 1. The lowest BCUT2D eigenvalue weighted by Gasteiger charge is -2.30. The fourth-order valence-electron chi connectivity index (χ4n) is 4.24. The molecule has 1 aliphatic carbocycles. The molecule has 0 fully saturated rings. The standard InChI is InChI=1S/C26H23F2NO/c1-2-15-29-25(30)26(14-6-9-18-7-4-3-5-8-18)23-16-19(27)10-12-21(23)22-13-11-20(28)17-24(22)26/h3-13,16-17H,2,14-15H2,1H3,(H,29,30). The van der Waals surface area contributed by atoms with Crippen LogP contribution in [0.5, 0.6) is 0 Å². The predicted molar refractivity (Wildman–Crippen MR) is 116 cm³/mol. The Kier molecular flexibility index (Phi) is 5.49. The molecule has 0 atom stereocenters. The summed E-state index contributed by atoms with van der Waals surface area (Å²) in [6, 6.07) is 18.7. The summed E-state index contributed by atoms with van der Waals surface area (Å²) in [5.74, 6) is -1.07. The first kappa shape index (κ1) is 20.0. The summed E-state index contributed by atoms with van der Waals surface area (Å²) in [4.78, 5) is 13.5. The summed E-state index contributed by atoms with van der Waals surface area (Å²) in [5.41, 5.74) is 2.51. The number of benzene rings is 3. The van der Waals surface area contributed by atoms with Crippen LogP contribution in [-0.2, 0) is 10.2 Å². The molecule has 0 radical (unpaired) electrons. The van der Waals surface area contributed by atoms with Gasteiger partial charge in [-0.1, -0.05) is 61.5 Å². The topological polar surface area (TPSA) is 29.1 Å². The van der Waals surface area contributed by atoms with Crippen molar-refractivity contribution < 1.29 is 13.6 Å². The maximum absolute atomic E-state index is 14.3. The Bertz CT molecular complexity index is 1050. The largest absolute Gasteiger partial charge is 0.355 e. The van der Waals surface area contributed by atoms with Crippen LogP contribution < -0.4 is 5.32 Å². The Morgan fingerprint density at radius 1 is 0.933 bits per heavy atom. The fraction of sp³-hybridized carbons (Fsp3) is 0.192. The van der Waals surface area contributed by atoms with Gasteiger partial charge in [0.05, 0.1) is 0 Å². The van der Waals surface area contributed by atoms with E-state index in [4.69, 9.17) is 0 Å². The minimum Gasteiger partial charge on any atom is -0.355 e. The summed E-state index contributed by atoms with van der Waals surface area (Å²) in [6.45, 7) is 2.47. The number of nitrogens with one attached hydrogen (secondary N) is 1. The molecule has 30 heavy (non-hydrogen) atoms. The van der Waals surface area contributed by atoms with Crippen molar-refractivity contribution >= 4 is 12.0 Å². The Morgan fingerprint density at radius 3 is 2.10 bits per heavy atom. The molecule has 1 amide bonds. The number of fused-ring (bicyclic) bond motifs is 3. The van der Waals surface area contributed by atoms with E-state index in [1.165, 1.54) is 24.3 Å². The van der Waals surface area contributed by atoms with Gasteiger partial charge in [0.1, 0.15) is 17.0 Å². The van der Waals surface area contributed by atoms with Crippen LogP contribution in [0.25, 0.3) is 17.2 Å². The van der Waals surface area contributed by atoms with Crippen molar-refractivity contribution in [1.82, 2.24) is 5.32 Å². The molecule has 3 aromatic rings. The molecule has 152 valence electrons. The highest BCUT2D eigenvalue weighted by Gasteiger charge is 2.48. The van der Waals surface area contributed by atoms with Crippen molar-refractivity contribution in [1.29, 1.82) is 0 Å². The van der Waals surface area contributed by atoms with Gasteiger partial charge in [0.15, 0.2) is 0 Å². The average Bonchev–Trinajstić information content (AvgIpc) is 3.02. The first-order valence-corrected chi connectivity index (χ1v) is 10.2. The molecule has 2 nitrogen and oxygen atoms in total. The SMILES string of the molecule is CCCNC(=O)C1(CC=Cc2ccccc2)c2cc(F)ccc2-c2ccc(F)cc21. The van der Waals surface area contributed by atoms with Crippen LogP contribution in [0.3, 0.4) is 0 Å². The summed E-state index contributed by atoms with van der Waals surface area (Å²) >= 11 is 0. The van der Waals surface area contributed by atoms with Crippen LogP contribution in [0.4, 0.5) is 8.78 Å². The highest BCUT2D eigenvalue weighted by Crippen LogP contribution is 2.51. The fourth-order valence-corrected chi connectivity index (χ4v) is 4.24. The molecule has 4 rings (SSSR count). The zero-order valence-corrected chi connectivity index (χ0v) is 16.8. The minimum atomic E-state index is -1.19. The Hall–Kier alpha value is -3.27. The summed E-state index contributed by atoms with van der Waals surface area (Å²) in [6.07, 6.45) is 4.92. The van der Waals surface area contributed by atoms with E-state index in [0.29, 0.717) is 24.1 Å². The zero-order chi connectivity index (χ0) is 21.1. The first-order valence-electron chi connectivity index (χ1n) is 10.2. The van der Waals surface area contributed by atoms with Crippen molar-refractivity contribution in [2.24, 2.45) is 0 Å². The van der Waals surface area contributed by atoms with Crippen LogP contribution in [0, 0.1) is 11.6 Å². The van der Waals surface area contributed by atoms with Crippen molar-refractivity contribution in [3.8, 4) is 11.1 Å². The molecule has 3 aromatic carbocycles. The number of hydrogen-bond acceptors (Lipinski definition) is 1. The van der Waals surface area contributed by atoms with E-state index >= 15 is 0 Å². The third-order valence-electron chi connectivity index (χ3n) is 5.63. The van der Waals surface area contributed by atoms with Crippen LogP contribution in [0.2, 0.25) is 0 Å². The van der Waals surface area contributed by atoms with Gasteiger partial charge < -0.3 is 5.32 Å². The second kappa shape index (κ2) is 8.23. The van der Waals surface area contributed by atoms with Crippen LogP contribution in [-0.4, -0.2) is 12.5 Å². The smallest absolute Gasteiger partial charge is 0.235 e. The molecule has 1 aliphatic rings. The van der Waals surface area contributed by atoms with Gasteiger partial charge in [0, 0.05) is 6.54 Å². The Balaban J connectivity index is 1.88. The van der Waals surface area contributed by atoms with Crippen molar-refractivity contribution in [3.63, 3.8) is 0 Å². The monoisotopic (exact) mass is 403 g/mol. The van der Waals surface area contributed by atoms with Crippen LogP contribution in [0.15, 0.2) is 72.8 Å². The quantitative estimate of drug-likeness (QED) is 0.549. The zero-order valence-electron chi connectivity index (χ0n) is 16.8. The van der Waals surface area contributed by atoms with E-state index in [0.717, 1.165) is 23.1 Å². The number of halogens is 2. The lowest BCUT2D eigenvalue weighted by Crippen LogP contribution is -2.44. The van der Waals surface area contributed by atoms with Gasteiger partial charge in [-0.25, -0.2) is 8.78 Å². The average molecular weight is 403 g/mol. The molecule has 0 aromatic heterocycles. The molecule has 0 saturated carbocycles. The number of allylic oxidation sites excluding steroid dienone is 1. The lowest BCUT2D eigenvalue weighted by atomic mass is 9.74.